The van der Waals surface area contributed by atoms with Crippen LogP contribution in [0.25, 0.3) is 0 Å². The van der Waals surface area contributed by atoms with Crippen LogP contribution in [0.2, 0.25) is 0 Å². The van der Waals surface area contributed by atoms with Crippen LogP contribution >= 0.6 is 0 Å². The highest BCUT2D eigenvalue weighted by Crippen LogP contribution is 2.14. The normalized spacial score (nSPS) is 13.8. The zero-order chi connectivity index (χ0) is 17.6. The van der Waals surface area contributed by atoms with Crippen molar-refractivity contribution in [2.24, 2.45) is 5.92 Å². The Morgan fingerprint density at radius 3 is 2.52 bits per heavy atom. The molecule has 1 rings (SSSR count). The lowest BCUT2D eigenvalue weighted by molar-refractivity contribution is -0.119. The Bertz CT molecular complexity index is 552. The number of carbonyl (C=O) groups is 2. The molecule has 1 aromatic rings. The second-order valence-corrected chi connectivity index (χ2v) is 6.68. The Labute approximate surface area is 138 Å². The fraction of sp³-hybridized carbons (Fsp3) is 0.588. The first-order chi connectivity index (χ1) is 10.6. The first-order valence-corrected chi connectivity index (χ1v) is 7.85. The predicted molar refractivity (Wildman–Crippen MR) is 90.2 cm³/mol. The molecule has 0 aliphatic heterocycles. The van der Waals surface area contributed by atoms with Gasteiger partial charge in [0.05, 0.1) is 0 Å². The van der Waals surface area contributed by atoms with Crippen molar-refractivity contribution in [3.63, 3.8) is 0 Å². The first-order valence-electron chi connectivity index (χ1n) is 7.85. The van der Waals surface area contributed by atoms with Gasteiger partial charge in [-0.3, -0.25) is 9.78 Å². The molecule has 6 nitrogen and oxygen atoms in total. The van der Waals surface area contributed by atoms with Gasteiger partial charge in [0.1, 0.15) is 11.6 Å². The molecule has 0 aliphatic rings. The molecule has 0 bridgehead atoms. The van der Waals surface area contributed by atoms with E-state index in [1.54, 1.807) is 39.1 Å². The number of hydrogen-bond acceptors (Lipinski definition) is 4. The summed E-state index contributed by atoms with van der Waals surface area (Å²) in [5, 5.41) is 5.49. The van der Waals surface area contributed by atoms with Gasteiger partial charge in [0.25, 0.3) is 0 Å². The Kier molecular flexibility index (Phi) is 6.54. The number of nitrogens with one attached hydrogen (secondary N) is 2. The number of hydrogen-bond donors (Lipinski definition) is 2. The number of ether oxygens (including phenoxy) is 1. The Morgan fingerprint density at radius 1 is 1.35 bits per heavy atom. The molecular formula is C17H27N3O3. The number of aromatic nitrogens is 1. The van der Waals surface area contributed by atoms with Gasteiger partial charge in [-0.15, -0.1) is 0 Å². The van der Waals surface area contributed by atoms with Gasteiger partial charge < -0.3 is 15.4 Å². The number of anilines is 1. The van der Waals surface area contributed by atoms with E-state index in [0.717, 1.165) is 12.1 Å². The first kappa shape index (κ1) is 18.9. The van der Waals surface area contributed by atoms with Crippen LogP contribution in [-0.2, 0) is 9.53 Å². The van der Waals surface area contributed by atoms with Crippen LogP contribution in [0, 0.1) is 12.8 Å². The van der Waals surface area contributed by atoms with E-state index in [1.807, 2.05) is 20.8 Å². The van der Waals surface area contributed by atoms with Crippen LogP contribution in [0.4, 0.5) is 10.5 Å². The summed E-state index contributed by atoms with van der Waals surface area (Å²) in [6, 6.07) is 2.83. The number of aryl methyl sites for hydroxylation is 1. The van der Waals surface area contributed by atoms with Crippen molar-refractivity contribution >= 4 is 17.7 Å². The van der Waals surface area contributed by atoms with E-state index in [0.29, 0.717) is 5.69 Å². The number of nitrogens with zero attached hydrogens (tertiary/aromatic N) is 1. The second-order valence-electron chi connectivity index (χ2n) is 6.68. The fourth-order valence-corrected chi connectivity index (χ4v) is 1.98. The van der Waals surface area contributed by atoms with E-state index < -0.39 is 17.7 Å². The third-order valence-electron chi connectivity index (χ3n) is 3.33. The van der Waals surface area contributed by atoms with E-state index in [9.17, 15) is 9.59 Å². The van der Waals surface area contributed by atoms with Crippen LogP contribution in [0.15, 0.2) is 18.3 Å². The van der Waals surface area contributed by atoms with Crippen LogP contribution in [0.3, 0.4) is 0 Å². The molecule has 128 valence electrons. The minimum atomic E-state index is -0.664. The van der Waals surface area contributed by atoms with Crippen LogP contribution in [0.5, 0.6) is 0 Å². The number of rotatable bonds is 5. The van der Waals surface area contributed by atoms with Gasteiger partial charge in [-0.05, 0) is 45.7 Å². The Morgan fingerprint density at radius 2 is 2.00 bits per heavy atom. The van der Waals surface area contributed by atoms with E-state index >= 15 is 0 Å². The molecule has 1 aromatic heterocycles. The molecule has 0 fully saturated rings. The lowest BCUT2D eigenvalue weighted by Gasteiger charge is -2.26. The van der Waals surface area contributed by atoms with E-state index in [1.165, 1.54) is 0 Å². The monoisotopic (exact) mass is 321 g/mol. The summed E-state index contributed by atoms with van der Waals surface area (Å²) < 4.78 is 5.24. The maximum Gasteiger partial charge on any atom is 0.408 e. The van der Waals surface area contributed by atoms with Crippen LogP contribution in [0.1, 0.15) is 46.7 Å². The average Bonchev–Trinajstić information content (AvgIpc) is 2.42. The summed E-state index contributed by atoms with van der Waals surface area (Å²) in [6.45, 7) is 11.1. The summed E-state index contributed by atoms with van der Waals surface area (Å²) in [7, 11) is 0. The smallest absolute Gasteiger partial charge is 0.408 e. The van der Waals surface area contributed by atoms with Crippen molar-refractivity contribution in [3.8, 4) is 0 Å². The van der Waals surface area contributed by atoms with Crippen molar-refractivity contribution < 1.29 is 14.3 Å². The zero-order valence-electron chi connectivity index (χ0n) is 14.8. The third-order valence-corrected chi connectivity index (χ3v) is 3.33. The van der Waals surface area contributed by atoms with Crippen molar-refractivity contribution in [2.75, 3.05) is 5.32 Å². The fourth-order valence-electron chi connectivity index (χ4n) is 1.98. The van der Waals surface area contributed by atoms with Gasteiger partial charge in [0.15, 0.2) is 0 Å². The number of pyridine rings is 1. The van der Waals surface area contributed by atoms with Gasteiger partial charge in [-0.1, -0.05) is 20.3 Å². The van der Waals surface area contributed by atoms with Gasteiger partial charge >= 0.3 is 6.09 Å². The maximum atomic E-state index is 12.5. The number of amides is 2. The summed E-state index contributed by atoms with van der Waals surface area (Å²) in [6.07, 6.45) is 1.79. The lowest BCUT2D eigenvalue weighted by Crippen LogP contribution is -2.49. The van der Waals surface area contributed by atoms with Crippen LogP contribution < -0.4 is 10.6 Å². The van der Waals surface area contributed by atoms with E-state index in [4.69, 9.17) is 4.74 Å². The molecule has 1 heterocycles. The van der Waals surface area contributed by atoms with Crippen molar-refractivity contribution in [1.82, 2.24) is 10.3 Å². The Balaban J connectivity index is 2.80. The Hall–Kier alpha value is -2.11. The topological polar surface area (TPSA) is 80.3 Å². The van der Waals surface area contributed by atoms with Gasteiger partial charge in [0, 0.05) is 17.6 Å². The van der Waals surface area contributed by atoms with Crippen molar-refractivity contribution in [3.05, 3.63) is 24.0 Å². The number of carbonyl (C=O) groups excluding carboxylic acids is 2. The standard InChI is InChI=1S/C17H27N3O3/c1-7-11(2)14(20-16(22)23-17(4,5)6)15(21)19-13-8-9-18-12(3)10-13/h8-11,14H,7H2,1-6H3,(H,20,22)(H,18,19,21)/t11?,14-/m0/s1. The summed E-state index contributed by atoms with van der Waals surface area (Å²) in [5.74, 6) is -0.290. The highest BCUT2D eigenvalue weighted by Gasteiger charge is 2.28. The SMILES string of the molecule is CCC(C)[C@H](NC(=O)OC(C)(C)C)C(=O)Nc1ccnc(C)c1. The highest BCUT2D eigenvalue weighted by atomic mass is 16.6. The predicted octanol–water partition coefficient (Wildman–Crippen LogP) is 3.27. The number of alkyl carbamates (subject to hydrolysis) is 1. The minimum Gasteiger partial charge on any atom is -0.444 e. The molecule has 0 saturated carbocycles. The highest BCUT2D eigenvalue weighted by molar-refractivity contribution is 5.96. The quantitative estimate of drug-likeness (QED) is 0.872. The average molecular weight is 321 g/mol. The molecule has 6 heteroatoms. The molecule has 23 heavy (non-hydrogen) atoms. The van der Waals surface area contributed by atoms with Gasteiger partial charge in [0.2, 0.25) is 5.91 Å². The largest absolute Gasteiger partial charge is 0.444 e. The summed E-state index contributed by atoms with van der Waals surface area (Å²) >= 11 is 0. The van der Waals surface area contributed by atoms with Gasteiger partial charge in [-0.2, -0.15) is 0 Å². The molecule has 1 unspecified atom stereocenters. The second kappa shape index (κ2) is 7.94. The molecular weight excluding hydrogens is 294 g/mol. The van der Waals surface area contributed by atoms with Crippen molar-refractivity contribution in [2.45, 2.75) is 59.6 Å². The van der Waals surface area contributed by atoms with E-state index in [-0.39, 0.29) is 11.8 Å². The molecule has 0 aromatic carbocycles. The third kappa shape index (κ3) is 6.67. The molecule has 2 atom stereocenters. The molecule has 0 saturated heterocycles. The van der Waals surface area contributed by atoms with Gasteiger partial charge in [-0.25, -0.2) is 4.79 Å². The van der Waals surface area contributed by atoms with Crippen LogP contribution in [-0.4, -0.2) is 28.6 Å². The molecule has 0 spiro atoms. The maximum absolute atomic E-state index is 12.5. The summed E-state index contributed by atoms with van der Waals surface area (Å²) in [5.41, 5.74) is 0.854. The summed E-state index contributed by atoms with van der Waals surface area (Å²) in [4.78, 5) is 28.6. The molecule has 0 radical (unpaired) electrons. The van der Waals surface area contributed by atoms with E-state index in [2.05, 4.69) is 15.6 Å². The molecule has 2 amide bonds. The molecule has 2 N–H and O–H groups in total. The zero-order valence-corrected chi connectivity index (χ0v) is 14.8. The minimum absolute atomic E-state index is 0.0227. The molecule has 0 aliphatic carbocycles. The lowest BCUT2D eigenvalue weighted by atomic mass is 9.98. The van der Waals surface area contributed by atoms with Crippen molar-refractivity contribution in [1.29, 1.82) is 0 Å².